The number of hydrogen-bond donors (Lipinski definition) is 4. The first kappa shape index (κ1) is 25.8. The standard InChI is InChI=1S/C29H27ClN2O6/c1-14-4-7-19(12-21(14)30)32-26(35)22-23(27(32)36)29(28(37)38,13-17-5-8-20(33)9-6-17)31-24(22)18-10-15(2)25(34)16(3)11-18/h4-12,22-24,31,33-34H,13H2,1-3H3,(H,37,38). The molecule has 0 saturated carbocycles. The monoisotopic (exact) mass is 534 g/mol. The van der Waals surface area contributed by atoms with Gasteiger partial charge in [0, 0.05) is 17.5 Å². The number of carboxylic acids is 1. The predicted molar refractivity (Wildman–Crippen MR) is 141 cm³/mol. The molecule has 0 aliphatic carbocycles. The van der Waals surface area contributed by atoms with Gasteiger partial charge in [0.15, 0.2) is 0 Å². The van der Waals surface area contributed by atoms with E-state index in [0.717, 1.165) is 10.5 Å². The maximum atomic E-state index is 14.0. The van der Waals surface area contributed by atoms with Crippen LogP contribution in [-0.2, 0) is 20.8 Å². The molecular weight excluding hydrogens is 508 g/mol. The van der Waals surface area contributed by atoms with Gasteiger partial charge in [-0.25, -0.2) is 4.90 Å². The van der Waals surface area contributed by atoms with Crippen molar-refractivity contribution in [2.45, 2.75) is 38.8 Å². The number of carbonyl (C=O) groups is 3. The number of imide groups is 1. The third kappa shape index (κ3) is 3.92. The number of rotatable bonds is 5. The number of aliphatic carboxylic acids is 1. The molecule has 2 aliphatic rings. The van der Waals surface area contributed by atoms with Crippen LogP contribution in [0.3, 0.4) is 0 Å². The Labute approximate surface area is 224 Å². The highest BCUT2D eigenvalue weighted by Gasteiger charge is 2.68. The van der Waals surface area contributed by atoms with E-state index in [1.54, 1.807) is 57.2 Å². The van der Waals surface area contributed by atoms with E-state index < -0.39 is 41.2 Å². The third-order valence-corrected chi connectivity index (χ3v) is 8.15. The number of benzene rings is 3. The number of anilines is 1. The number of amides is 2. The summed E-state index contributed by atoms with van der Waals surface area (Å²) in [6.07, 6.45) is -0.0994. The van der Waals surface area contributed by atoms with Crippen molar-refractivity contribution in [3.05, 3.63) is 87.4 Å². The molecule has 5 rings (SSSR count). The second-order valence-corrected chi connectivity index (χ2v) is 10.6. The lowest BCUT2D eigenvalue weighted by Gasteiger charge is -2.31. The smallest absolute Gasteiger partial charge is 0.325 e. The van der Waals surface area contributed by atoms with Gasteiger partial charge in [0.1, 0.15) is 17.0 Å². The molecule has 0 radical (unpaired) electrons. The molecule has 0 aromatic heterocycles. The Bertz CT molecular complexity index is 1460. The van der Waals surface area contributed by atoms with Crippen LogP contribution in [0.15, 0.2) is 54.6 Å². The van der Waals surface area contributed by atoms with Crippen molar-refractivity contribution in [3.8, 4) is 11.5 Å². The van der Waals surface area contributed by atoms with Crippen molar-refractivity contribution < 1.29 is 29.7 Å². The van der Waals surface area contributed by atoms with Gasteiger partial charge in [-0.15, -0.1) is 0 Å². The first-order valence-electron chi connectivity index (χ1n) is 12.2. The Hall–Kier alpha value is -3.88. The topological polar surface area (TPSA) is 127 Å². The number of carboxylic acid groups (broad SMARTS) is 1. The molecule has 4 unspecified atom stereocenters. The quantitative estimate of drug-likeness (QED) is 0.361. The number of nitrogens with zero attached hydrogens (tertiary/aromatic N) is 1. The number of hydrogen-bond acceptors (Lipinski definition) is 6. The Kier molecular flexibility index (Phi) is 6.20. The fourth-order valence-corrected chi connectivity index (χ4v) is 5.98. The fourth-order valence-electron chi connectivity index (χ4n) is 5.80. The van der Waals surface area contributed by atoms with Crippen LogP contribution in [0.5, 0.6) is 11.5 Å². The highest BCUT2D eigenvalue weighted by Crippen LogP contribution is 2.51. The molecule has 2 fully saturated rings. The van der Waals surface area contributed by atoms with E-state index in [0.29, 0.717) is 27.3 Å². The van der Waals surface area contributed by atoms with Crippen molar-refractivity contribution in [2.24, 2.45) is 11.8 Å². The van der Waals surface area contributed by atoms with E-state index >= 15 is 0 Å². The van der Waals surface area contributed by atoms with Crippen LogP contribution in [-0.4, -0.2) is 38.6 Å². The average molecular weight is 535 g/mol. The Morgan fingerprint density at radius 3 is 2.16 bits per heavy atom. The minimum absolute atomic E-state index is 0.0258. The Balaban J connectivity index is 1.68. The molecule has 4 atom stereocenters. The number of phenols is 2. The molecule has 196 valence electrons. The predicted octanol–water partition coefficient (Wildman–Crippen LogP) is 4.19. The zero-order valence-corrected chi connectivity index (χ0v) is 21.8. The second kappa shape index (κ2) is 9.15. The number of aryl methyl sites for hydroxylation is 3. The minimum atomic E-state index is -1.82. The van der Waals surface area contributed by atoms with Crippen molar-refractivity contribution in [1.82, 2.24) is 5.32 Å². The molecule has 0 bridgehead atoms. The summed E-state index contributed by atoms with van der Waals surface area (Å²) >= 11 is 6.31. The SMILES string of the molecule is Cc1ccc(N2C(=O)C3C(c4cc(C)c(O)c(C)c4)NC(Cc4ccc(O)cc4)(C(=O)O)C3C2=O)cc1Cl. The summed E-state index contributed by atoms with van der Waals surface area (Å²) < 4.78 is 0. The van der Waals surface area contributed by atoms with E-state index in [1.165, 1.54) is 18.2 Å². The van der Waals surface area contributed by atoms with Gasteiger partial charge in [0.05, 0.1) is 17.5 Å². The van der Waals surface area contributed by atoms with Gasteiger partial charge in [-0.3, -0.25) is 19.7 Å². The van der Waals surface area contributed by atoms with Crippen LogP contribution in [0.2, 0.25) is 5.02 Å². The van der Waals surface area contributed by atoms with Gasteiger partial charge in [0.25, 0.3) is 0 Å². The van der Waals surface area contributed by atoms with Gasteiger partial charge < -0.3 is 15.3 Å². The lowest BCUT2D eigenvalue weighted by molar-refractivity contribution is -0.148. The summed E-state index contributed by atoms with van der Waals surface area (Å²) in [6, 6.07) is 13.6. The molecule has 4 N–H and O–H groups in total. The fraction of sp³-hybridized carbons (Fsp3) is 0.276. The first-order valence-corrected chi connectivity index (χ1v) is 12.6. The molecule has 3 aromatic carbocycles. The van der Waals surface area contributed by atoms with Gasteiger partial charge in [0.2, 0.25) is 11.8 Å². The van der Waals surface area contributed by atoms with Gasteiger partial charge >= 0.3 is 5.97 Å². The van der Waals surface area contributed by atoms with E-state index in [9.17, 15) is 29.7 Å². The van der Waals surface area contributed by atoms with Crippen molar-refractivity contribution >= 4 is 35.1 Å². The molecule has 2 aliphatic heterocycles. The normalized spacial score (nSPS) is 24.6. The first-order chi connectivity index (χ1) is 17.9. The van der Waals surface area contributed by atoms with Gasteiger partial charge in [-0.1, -0.05) is 41.9 Å². The number of halogens is 1. The molecule has 3 aromatic rings. The average Bonchev–Trinajstić information content (AvgIpc) is 3.34. The number of aromatic hydroxyl groups is 2. The maximum absolute atomic E-state index is 14.0. The third-order valence-electron chi connectivity index (χ3n) is 7.74. The summed E-state index contributed by atoms with van der Waals surface area (Å²) in [5, 5.41) is 34.2. The van der Waals surface area contributed by atoms with E-state index in [2.05, 4.69) is 5.32 Å². The largest absolute Gasteiger partial charge is 0.508 e. The maximum Gasteiger partial charge on any atom is 0.325 e. The van der Waals surface area contributed by atoms with Gasteiger partial charge in [-0.05, 0) is 72.9 Å². The molecule has 8 nitrogen and oxygen atoms in total. The number of phenolic OH excluding ortho intramolecular Hbond substituents is 2. The van der Waals surface area contributed by atoms with E-state index in [4.69, 9.17) is 11.6 Å². The molecule has 9 heteroatoms. The van der Waals surface area contributed by atoms with E-state index in [-0.39, 0.29) is 23.6 Å². The Morgan fingerprint density at radius 1 is 0.947 bits per heavy atom. The summed E-state index contributed by atoms with van der Waals surface area (Å²) in [4.78, 5) is 42.1. The number of nitrogens with one attached hydrogen (secondary N) is 1. The lowest BCUT2D eigenvalue weighted by atomic mass is 9.76. The van der Waals surface area contributed by atoms with Crippen molar-refractivity contribution in [2.75, 3.05) is 4.90 Å². The molecule has 0 spiro atoms. The molecule has 2 heterocycles. The van der Waals surface area contributed by atoms with Gasteiger partial charge in [-0.2, -0.15) is 0 Å². The number of fused-ring (bicyclic) bond motifs is 1. The highest BCUT2D eigenvalue weighted by molar-refractivity contribution is 6.32. The summed E-state index contributed by atoms with van der Waals surface area (Å²) in [5.41, 5.74) is 1.57. The van der Waals surface area contributed by atoms with Crippen molar-refractivity contribution in [1.29, 1.82) is 0 Å². The Morgan fingerprint density at radius 2 is 1.58 bits per heavy atom. The summed E-state index contributed by atoms with van der Waals surface area (Å²) in [7, 11) is 0. The van der Waals surface area contributed by atoms with Crippen LogP contribution in [0.1, 0.15) is 33.9 Å². The van der Waals surface area contributed by atoms with Crippen LogP contribution in [0.25, 0.3) is 0 Å². The van der Waals surface area contributed by atoms with Crippen LogP contribution in [0, 0.1) is 32.6 Å². The second-order valence-electron chi connectivity index (χ2n) is 10.2. The van der Waals surface area contributed by atoms with Crippen molar-refractivity contribution in [3.63, 3.8) is 0 Å². The minimum Gasteiger partial charge on any atom is -0.508 e. The highest BCUT2D eigenvalue weighted by atomic mass is 35.5. The van der Waals surface area contributed by atoms with Crippen LogP contribution < -0.4 is 10.2 Å². The van der Waals surface area contributed by atoms with E-state index in [1.807, 2.05) is 0 Å². The summed E-state index contributed by atoms with van der Waals surface area (Å²) in [5.74, 6) is -4.50. The zero-order valence-electron chi connectivity index (χ0n) is 21.0. The number of carbonyl (C=O) groups excluding carboxylic acids is 2. The molecule has 2 saturated heterocycles. The molecule has 2 amide bonds. The van der Waals surface area contributed by atoms with Crippen LogP contribution >= 0.6 is 11.6 Å². The lowest BCUT2D eigenvalue weighted by Crippen LogP contribution is -2.57. The molecule has 38 heavy (non-hydrogen) atoms. The molecular formula is C29H27ClN2O6. The summed E-state index contributed by atoms with van der Waals surface area (Å²) in [6.45, 7) is 5.25. The zero-order chi connectivity index (χ0) is 27.5. The van der Waals surface area contributed by atoms with Crippen LogP contribution in [0.4, 0.5) is 5.69 Å².